The Balaban J connectivity index is 1.66. The van der Waals surface area contributed by atoms with E-state index < -0.39 is 0 Å². The van der Waals surface area contributed by atoms with Gasteiger partial charge in [-0.3, -0.25) is 4.79 Å². The second-order valence-electron chi connectivity index (χ2n) is 5.38. The lowest BCUT2D eigenvalue weighted by atomic mass is 10.1. The van der Waals surface area contributed by atoms with Gasteiger partial charge in [-0.15, -0.1) is 0 Å². The van der Waals surface area contributed by atoms with Crippen LogP contribution in [0.2, 0.25) is 0 Å². The van der Waals surface area contributed by atoms with Gasteiger partial charge in [-0.05, 0) is 30.3 Å². The molecular formula is C18H12FN3O2. The van der Waals surface area contributed by atoms with Crippen molar-refractivity contribution in [3.05, 3.63) is 82.7 Å². The molecule has 0 radical (unpaired) electrons. The van der Waals surface area contributed by atoms with E-state index in [9.17, 15) is 9.18 Å². The van der Waals surface area contributed by atoms with Gasteiger partial charge >= 0.3 is 0 Å². The minimum Gasteiger partial charge on any atom is -0.359 e. The van der Waals surface area contributed by atoms with Gasteiger partial charge < -0.3 is 4.52 Å². The molecule has 4 aromatic rings. The van der Waals surface area contributed by atoms with E-state index in [1.807, 2.05) is 18.2 Å². The number of hydrogen-bond acceptors (Lipinski definition) is 4. The Bertz CT molecular complexity index is 1070. The number of halogens is 1. The van der Waals surface area contributed by atoms with Gasteiger partial charge in [-0.2, -0.15) is 5.10 Å². The smallest absolute Gasteiger partial charge is 0.275 e. The Hall–Kier alpha value is -3.28. The lowest BCUT2D eigenvalue weighted by Gasteiger charge is -2.03. The van der Waals surface area contributed by atoms with E-state index in [0.29, 0.717) is 16.8 Å². The first-order valence-electron chi connectivity index (χ1n) is 7.37. The summed E-state index contributed by atoms with van der Waals surface area (Å²) in [4.78, 5) is 12.4. The van der Waals surface area contributed by atoms with E-state index >= 15 is 0 Å². The molecule has 24 heavy (non-hydrogen) atoms. The van der Waals surface area contributed by atoms with Gasteiger partial charge in [0.05, 0.1) is 11.6 Å². The predicted molar refractivity (Wildman–Crippen MR) is 87.0 cm³/mol. The van der Waals surface area contributed by atoms with Gasteiger partial charge in [-0.25, -0.2) is 9.07 Å². The van der Waals surface area contributed by atoms with Crippen LogP contribution in [0, 0.1) is 5.82 Å². The maximum absolute atomic E-state index is 13.0. The van der Waals surface area contributed by atoms with Crippen LogP contribution >= 0.6 is 0 Å². The highest BCUT2D eigenvalue weighted by Gasteiger charge is 2.10. The molecule has 0 saturated carbocycles. The molecule has 0 aliphatic carbocycles. The van der Waals surface area contributed by atoms with Gasteiger partial charge in [0, 0.05) is 17.0 Å². The van der Waals surface area contributed by atoms with Gasteiger partial charge in [0.25, 0.3) is 5.56 Å². The minimum atomic E-state index is -0.311. The number of aromatic nitrogens is 3. The molecule has 0 aliphatic rings. The standard InChI is InChI=1S/C18H12FN3O2/c19-14-7-5-12(6-8-14)17-9-15(24-21-17)11-22-18(23)16-4-2-1-3-13(16)10-20-22/h1-10H,11H2. The summed E-state index contributed by atoms with van der Waals surface area (Å²) in [5.74, 6) is 0.189. The molecule has 0 spiro atoms. The summed E-state index contributed by atoms with van der Waals surface area (Å²) in [6.45, 7) is 0.178. The van der Waals surface area contributed by atoms with E-state index in [-0.39, 0.29) is 17.9 Å². The average Bonchev–Trinajstić information content (AvgIpc) is 3.07. The Kier molecular flexibility index (Phi) is 3.42. The zero-order valence-electron chi connectivity index (χ0n) is 12.5. The van der Waals surface area contributed by atoms with Crippen LogP contribution in [0.5, 0.6) is 0 Å². The quantitative estimate of drug-likeness (QED) is 0.581. The van der Waals surface area contributed by atoms with Crippen molar-refractivity contribution in [2.45, 2.75) is 6.54 Å². The summed E-state index contributed by atoms with van der Waals surface area (Å²) >= 11 is 0. The first kappa shape index (κ1) is 14.3. The van der Waals surface area contributed by atoms with Crippen LogP contribution in [0.25, 0.3) is 22.0 Å². The maximum atomic E-state index is 13.0. The van der Waals surface area contributed by atoms with Crippen molar-refractivity contribution in [1.82, 2.24) is 14.9 Å². The second kappa shape index (κ2) is 5.73. The Labute approximate surface area is 136 Å². The van der Waals surface area contributed by atoms with Crippen LogP contribution in [0.15, 0.2) is 70.1 Å². The van der Waals surface area contributed by atoms with Crippen LogP contribution in [-0.4, -0.2) is 14.9 Å². The zero-order valence-corrected chi connectivity index (χ0v) is 12.5. The lowest BCUT2D eigenvalue weighted by molar-refractivity contribution is 0.371. The van der Waals surface area contributed by atoms with E-state index in [0.717, 1.165) is 10.9 Å². The van der Waals surface area contributed by atoms with Crippen LogP contribution in [0.1, 0.15) is 5.76 Å². The van der Waals surface area contributed by atoms with Crippen molar-refractivity contribution >= 4 is 10.8 Å². The molecular weight excluding hydrogens is 309 g/mol. The fraction of sp³-hybridized carbons (Fsp3) is 0.0556. The second-order valence-corrected chi connectivity index (χ2v) is 5.38. The highest BCUT2D eigenvalue weighted by Crippen LogP contribution is 2.19. The SMILES string of the molecule is O=c1c2ccccc2cnn1Cc1cc(-c2ccc(F)cc2)no1. The molecule has 118 valence electrons. The molecule has 0 N–H and O–H groups in total. The highest BCUT2D eigenvalue weighted by molar-refractivity contribution is 5.80. The summed E-state index contributed by atoms with van der Waals surface area (Å²) < 4.78 is 19.6. The molecule has 2 aromatic carbocycles. The summed E-state index contributed by atoms with van der Waals surface area (Å²) in [5.41, 5.74) is 1.14. The van der Waals surface area contributed by atoms with Gasteiger partial charge in [0.2, 0.25) is 0 Å². The molecule has 0 aliphatic heterocycles. The van der Waals surface area contributed by atoms with Crippen molar-refractivity contribution in [2.24, 2.45) is 0 Å². The highest BCUT2D eigenvalue weighted by atomic mass is 19.1. The molecule has 0 unspecified atom stereocenters. The van der Waals surface area contributed by atoms with E-state index in [1.54, 1.807) is 30.5 Å². The lowest BCUT2D eigenvalue weighted by Crippen LogP contribution is -2.23. The third-order valence-corrected chi connectivity index (χ3v) is 3.77. The van der Waals surface area contributed by atoms with Crippen molar-refractivity contribution in [3.8, 4) is 11.3 Å². The fourth-order valence-corrected chi connectivity index (χ4v) is 2.53. The Morgan fingerprint density at radius 1 is 1.08 bits per heavy atom. The molecule has 0 atom stereocenters. The van der Waals surface area contributed by atoms with Crippen LogP contribution < -0.4 is 5.56 Å². The van der Waals surface area contributed by atoms with Crippen molar-refractivity contribution in [3.63, 3.8) is 0 Å². The van der Waals surface area contributed by atoms with Gasteiger partial charge in [-0.1, -0.05) is 23.4 Å². The first-order chi connectivity index (χ1) is 11.7. The molecule has 6 heteroatoms. The molecule has 2 heterocycles. The Morgan fingerprint density at radius 3 is 2.71 bits per heavy atom. The molecule has 0 bridgehead atoms. The molecule has 0 saturated heterocycles. The number of nitrogens with zero attached hydrogens (tertiary/aromatic N) is 3. The fourth-order valence-electron chi connectivity index (χ4n) is 2.53. The van der Waals surface area contributed by atoms with Crippen molar-refractivity contribution < 1.29 is 8.91 Å². The third-order valence-electron chi connectivity index (χ3n) is 3.77. The van der Waals surface area contributed by atoms with Crippen molar-refractivity contribution in [1.29, 1.82) is 0 Å². The van der Waals surface area contributed by atoms with Gasteiger partial charge in [0.1, 0.15) is 18.1 Å². The largest absolute Gasteiger partial charge is 0.359 e. The third kappa shape index (κ3) is 2.58. The minimum absolute atomic E-state index is 0.178. The molecule has 0 amide bonds. The molecule has 5 nitrogen and oxygen atoms in total. The normalized spacial score (nSPS) is 11.0. The maximum Gasteiger partial charge on any atom is 0.275 e. The predicted octanol–water partition coefficient (Wildman–Crippen LogP) is 3.24. The van der Waals surface area contributed by atoms with Gasteiger partial charge in [0.15, 0.2) is 5.76 Å². The average molecular weight is 321 g/mol. The summed E-state index contributed by atoms with van der Waals surface area (Å²) in [7, 11) is 0. The van der Waals surface area contributed by atoms with Crippen LogP contribution in [-0.2, 0) is 6.54 Å². The Morgan fingerprint density at radius 2 is 1.88 bits per heavy atom. The van der Waals surface area contributed by atoms with E-state index in [1.165, 1.54) is 16.8 Å². The number of fused-ring (bicyclic) bond motifs is 1. The molecule has 4 rings (SSSR count). The van der Waals surface area contributed by atoms with E-state index in [4.69, 9.17) is 4.52 Å². The monoisotopic (exact) mass is 321 g/mol. The first-order valence-corrected chi connectivity index (χ1v) is 7.37. The number of rotatable bonds is 3. The van der Waals surface area contributed by atoms with Crippen LogP contribution in [0.4, 0.5) is 4.39 Å². The topological polar surface area (TPSA) is 60.9 Å². The zero-order chi connectivity index (χ0) is 16.5. The summed E-state index contributed by atoms with van der Waals surface area (Å²) in [6.07, 6.45) is 1.65. The van der Waals surface area contributed by atoms with Crippen molar-refractivity contribution in [2.75, 3.05) is 0 Å². The molecule has 0 fully saturated rings. The number of benzene rings is 2. The summed E-state index contributed by atoms with van der Waals surface area (Å²) in [5, 5.41) is 9.52. The summed E-state index contributed by atoms with van der Waals surface area (Å²) in [6, 6.07) is 15.0. The number of hydrogen-bond donors (Lipinski definition) is 0. The molecule has 2 aromatic heterocycles. The van der Waals surface area contributed by atoms with Crippen LogP contribution in [0.3, 0.4) is 0 Å². The van der Waals surface area contributed by atoms with E-state index in [2.05, 4.69) is 10.3 Å².